The molecule has 0 bridgehead atoms. The summed E-state index contributed by atoms with van der Waals surface area (Å²) in [6.07, 6.45) is -0.667. The molecule has 0 fully saturated rings. The zero-order chi connectivity index (χ0) is 13.1. The summed E-state index contributed by atoms with van der Waals surface area (Å²) in [5.41, 5.74) is 2.05. The van der Waals surface area contributed by atoms with Crippen molar-refractivity contribution >= 4 is 28.3 Å². The zero-order valence-corrected chi connectivity index (χ0v) is 10.6. The highest BCUT2D eigenvalue weighted by Gasteiger charge is 2.14. The summed E-state index contributed by atoms with van der Waals surface area (Å²) >= 11 is 6.10. The van der Waals surface area contributed by atoms with E-state index in [0.717, 1.165) is 10.8 Å². The molecule has 5 heteroatoms. The number of ether oxygens (including phenoxy) is 1. The second-order valence-electron chi connectivity index (χ2n) is 3.86. The second kappa shape index (κ2) is 5.25. The quantitative estimate of drug-likeness (QED) is 0.508. The van der Waals surface area contributed by atoms with Gasteiger partial charge in [0, 0.05) is 15.8 Å². The zero-order valence-electron chi connectivity index (χ0n) is 9.81. The van der Waals surface area contributed by atoms with Crippen molar-refractivity contribution in [1.82, 2.24) is 5.43 Å². The van der Waals surface area contributed by atoms with Crippen LogP contribution in [0.2, 0.25) is 5.02 Å². The number of nitrogens with one attached hydrogen (secondary N) is 1. The van der Waals surface area contributed by atoms with E-state index in [1.54, 1.807) is 19.1 Å². The number of halogens is 1. The highest BCUT2D eigenvalue weighted by molar-refractivity contribution is 6.35. The number of carbonyl (C=O) groups excluding carboxylic acids is 1. The Kier molecular flexibility index (Phi) is 3.69. The van der Waals surface area contributed by atoms with Crippen LogP contribution in [-0.4, -0.2) is 12.0 Å². The van der Waals surface area contributed by atoms with Gasteiger partial charge in [0.2, 0.25) is 0 Å². The van der Waals surface area contributed by atoms with Crippen LogP contribution >= 0.6 is 11.6 Å². The third-order valence-electron chi connectivity index (χ3n) is 2.65. The minimum absolute atomic E-state index is 0.381. The van der Waals surface area contributed by atoms with E-state index >= 15 is 0 Å². The van der Waals surface area contributed by atoms with E-state index in [0.29, 0.717) is 10.8 Å². The van der Waals surface area contributed by atoms with E-state index in [1.807, 2.05) is 24.3 Å². The molecule has 0 aliphatic heterocycles. The lowest BCUT2D eigenvalue weighted by atomic mass is 10.1. The van der Waals surface area contributed by atoms with Crippen molar-refractivity contribution in [2.24, 2.45) is 5.84 Å². The molecule has 1 unspecified atom stereocenters. The van der Waals surface area contributed by atoms with Gasteiger partial charge in [0.1, 0.15) is 5.75 Å². The molecule has 0 aliphatic rings. The second-order valence-corrected chi connectivity index (χ2v) is 4.27. The molecule has 0 aliphatic carbocycles. The van der Waals surface area contributed by atoms with Crippen molar-refractivity contribution in [1.29, 1.82) is 0 Å². The Bertz CT molecular complexity index is 586. The number of nitrogens with two attached hydrogens (primary N) is 1. The summed E-state index contributed by atoms with van der Waals surface area (Å²) < 4.78 is 5.58. The van der Waals surface area contributed by atoms with E-state index < -0.39 is 6.10 Å². The smallest absolute Gasteiger partial charge is 0.274 e. The predicted molar refractivity (Wildman–Crippen MR) is 71.4 cm³/mol. The van der Waals surface area contributed by atoms with Gasteiger partial charge in [-0.1, -0.05) is 35.9 Å². The Labute approximate surface area is 110 Å². The summed E-state index contributed by atoms with van der Waals surface area (Å²) in [5, 5.41) is 2.40. The third kappa shape index (κ3) is 2.39. The minimum Gasteiger partial charge on any atom is -0.480 e. The van der Waals surface area contributed by atoms with E-state index in [1.165, 1.54) is 0 Å². The predicted octanol–water partition coefficient (Wildman–Crippen LogP) is 2.25. The van der Waals surface area contributed by atoms with Crippen molar-refractivity contribution in [3.8, 4) is 5.75 Å². The molecule has 2 rings (SSSR count). The van der Waals surface area contributed by atoms with Gasteiger partial charge in [0.15, 0.2) is 6.10 Å². The molecule has 2 aromatic rings. The number of hydrazine groups is 1. The van der Waals surface area contributed by atoms with Gasteiger partial charge in [-0.15, -0.1) is 0 Å². The SMILES string of the molecule is CC(Oc1ccc(Cl)c2ccccc12)C(=O)NN. The van der Waals surface area contributed by atoms with Crippen LogP contribution in [0.3, 0.4) is 0 Å². The molecule has 4 nitrogen and oxygen atoms in total. The van der Waals surface area contributed by atoms with Crippen LogP contribution in [0.15, 0.2) is 36.4 Å². The number of hydrogen-bond donors (Lipinski definition) is 2. The molecule has 94 valence electrons. The Morgan fingerprint density at radius 3 is 2.61 bits per heavy atom. The Hall–Kier alpha value is -1.78. The normalized spacial score (nSPS) is 12.2. The van der Waals surface area contributed by atoms with Crippen LogP contribution in [0.25, 0.3) is 10.8 Å². The Balaban J connectivity index is 2.40. The molecule has 0 aromatic heterocycles. The first-order valence-corrected chi connectivity index (χ1v) is 5.85. The topological polar surface area (TPSA) is 64.3 Å². The maximum atomic E-state index is 11.3. The Morgan fingerprint density at radius 2 is 1.94 bits per heavy atom. The maximum Gasteiger partial charge on any atom is 0.274 e. The number of fused-ring (bicyclic) bond motifs is 1. The van der Waals surface area contributed by atoms with E-state index in [4.69, 9.17) is 22.2 Å². The first-order valence-electron chi connectivity index (χ1n) is 5.48. The molecule has 1 amide bonds. The fourth-order valence-corrected chi connectivity index (χ4v) is 1.93. The van der Waals surface area contributed by atoms with Gasteiger partial charge in [-0.2, -0.15) is 0 Å². The first-order chi connectivity index (χ1) is 8.63. The molecular weight excluding hydrogens is 252 g/mol. The molecule has 0 heterocycles. The molecule has 0 saturated heterocycles. The van der Waals surface area contributed by atoms with Gasteiger partial charge in [-0.05, 0) is 19.1 Å². The summed E-state index contributed by atoms with van der Waals surface area (Å²) in [6.45, 7) is 1.63. The molecule has 18 heavy (non-hydrogen) atoms. The molecule has 0 spiro atoms. The number of amides is 1. The minimum atomic E-state index is -0.667. The van der Waals surface area contributed by atoms with E-state index in [2.05, 4.69) is 5.43 Å². The van der Waals surface area contributed by atoms with Crippen molar-refractivity contribution < 1.29 is 9.53 Å². The van der Waals surface area contributed by atoms with Crippen LogP contribution in [0.5, 0.6) is 5.75 Å². The molecule has 0 saturated carbocycles. The summed E-state index contributed by atoms with van der Waals surface area (Å²) in [7, 11) is 0. The van der Waals surface area contributed by atoms with Crippen LogP contribution in [0.1, 0.15) is 6.92 Å². The molecule has 2 aromatic carbocycles. The lowest BCUT2D eigenvalue weighted by Gasteiger charge is -2.15. The molecule has 0 radical (unpaired) electrons. The van der Waals surface area contributed by atoms with Crippen LogP contribution in [-0.2, 0) is 4.79 Å². The summed E-state index contributed by atoms with van der Waals surface area (Å²) in [4.78, 5) is 11.3. The summed E-state index contributed by atoms with van der Waals surface area (Å²) in [6, 6.07) is 11.1. The maximum absolute atomic E-state index is 11.3. The Morgan fingerprint density at radius 1 is 1.28 bits per heavy atom. The van der Waals surface area contributed by atoms with Crippen molar-refractivity contribution in [2.45, 2.75) is 13.0 Å². The molecule has 3 N–H and O–H groups in total. The highest BCUT2D eigenvalue weighted by atomic mass is 35.5. The van der Waals surface area contributed by atoms with Crippen molar-refractivity contribution in [3.63, 3.8) is 0 Å². The number of hydrogen-bond acceptors (Lipinski definition) is 3. The van der Waals surface area contributed by atoms with Gasteiger partial charge in [0.25, 0.3) is 5.91 Å². The van der Waals surface area contributed by atoms with E-state index in [-0.39, 0.29) is 5.91 Å². The summed E-state index contributed by atoms with van der Waals surface area (Å²) in [5.74, 6) is 5.29. The van der Waals surface area contributed by atoms with Crippen LogP contribution in [0, 0.1) is 0 Å². The standard InChI is InChI=1S/C13H13ClN2O2/c1-8(13(17)16-15)18-12-7-6-11(14)9-4-2-3-5-10(9)12/h2-8H,15H2,1H3,(H,16,17). The first kappa shape index (κ1) is 12.7. The van der Waals surface area contributed by atoms with Crippen LogP contribution < -0.4 is 16.0 Å². The average molecular weight is 265 g/mol. The largest absolute Gasteiger partial charge is 0.480 e. The third-order valence-corrected chi connectivity index (χ3v) is 2.98. The molecular formula is C13H13ClN2O2. The number of rotatable bonds is 3. The van der Waals surface area contributed by atoms with Gasteiger partial charge in [0.05, 0.1) is 0 Å². The van der Waals surface area contributed by atoms with Gasteiger partial charge in [-0.25, -0.2) is 5.84 Å². The average Bonchev–Trinajstić information content (AvgIpc) is 2.41. The highest BCUT2D eigenvalue weighted by Crippen LogP contribution is 2.31. The fraction of sp³-hybridized carbons (Fsp3) is 0.154. The monoisotopic (exact) mass is 264 g/mol. The van der Waals surface area contributed by atoms with Crippen LogP contribution in [0.4, 0.5) is 0 Å². The molecule has 1 atom stereocenters. The van der Waals surface area contributed by atoms with Crippen molar-refractivity contribution in [2.75, 3.05) is 0 Å². The lowest BCUT2D eigenvalue weighted by molar-refractivity contribution is -0.127. The fourth-order valence-electron chi connectivity index (χ4n) is 1.70. The van der Waals surface area contributed by atoms with Gasteiger partial charge < -0.3 is 4.74 Å². The number of carbonyl (C=O) groups is 1. The lowest BCUT2D eigenvalue weighted by Crippen LogP contribution is -2.40. The van der Waals surface area contributed by atoms with Gasteiger partial charge >= 0.3 is 0 Å². The van der Waals surface area contributed by atoms with Gasteiger partial charge in [-0.3, -0.25) is 10.2 Å². The van der Waals surface area contributed by atoms with E-state index in [9.17, 15) is 4.79 Å². The van der Waals surface area contributed by atoms with Crippen molar-refractivity contribution in [3.05, 3.63) is 41.4 Å². The number of benzene rings is 2.